The van der Waals surface area contributed by atoms with Crippen molar-refractivity contribution in [2.75, 3.05) is 0 Å². The van der Waals surface area contributed by atoms with Crippen LogP contribution in [-0.4, -0.2) is 14.6 Å². The number of nitrogens with zero attached hydrogens (tertiary/aromatic N) is 2. The van der Waals surface area contributed by atoms with Gasteiger partial charge in [0.1, 0.15) is 0 Å². The van der Waals surface area contributed by atoms with Gasteiger partial charge in [-0.3, -0.25) is 9.89 Å². The zero-order valence-electron chi connectivity index (χ0n) is 10.2. The maximum atomic E-state index is 12.0. The Kier molecular flexibility index (Phi) is 2.58. The Morgan fingerprint density at radius 1 is 1.50 bits per heavy atom. The first-order chi connectivity index (χ1) is 7.54. The summed E-state index contributed by atoms with van der Waals surface area (Å²) in [7, 11) is 0. The first-order valence-corrected chi connectivity index (χ1v) is 5.65. The van der Waals surface area contributed by atoms with Crippen LogP contribution in [0.3, 0.4) is 0 Å². The molecule has 0 bridgehead atoms. The molecule has 0 radical (unpaired) electrons. The fourth-order valence-electron chi connectivity index (χ4n) is 1.81. The Morgan fingerprint density at radius 2 is 2.19 bits per heavy atom. The molecule has 0 aliphatic carbocycles. The molecule has 0 saturated heterocycles. The van der Waals surface area contributed by atoms with Crippen molar-refractivity contribution in [1.82, 2.24) is 14.6 Å². The summed E-state index contributed by atoms with van der Waals surface area (Å²) < 4.78 is 1.53. The van der Waals surface area contributed by atoms with Gasteiger partial charge >= 0.3 is 0 Å². The lowest BCUT2D eigenvalue weighted by molar-refractivity contribution is 0.769. The van der Waals surface area contributed by atoms with Crippen LogP contribution in [0.15, 0.2) is 10.9 Å². The number of nitrogens with one attached hydrogen (secondary N) is 1. The Balaban J connectivity index is 2.78. The Morgan fingerprint density at radius 3 is 2.75 bits per heavy atom. The standard InChI is InChI=1S/C12H17N3O/c1-5-9-8(4)12(16)15-11(13-9)6-10(14-15)7(2)3/h6-7,14H,5H2,1-4H3. The topological polar surface area (TPSA) is 50.2 Å². The second kappa shape index (κ2) is 3.77. The van der Waals surface area contributed by atoms with Crippen molar-refractivity contribution < 1.29 is 0 Å². The van der Waals surface area contributed by atoms with Crippen LogP contribution in [0.5, 0.6) is 0 Å². The molecule has 0 amide bonds. The molecular formula is C12H17N3O. The van der Waals surface area contributed by atoms with Gasteiger partial charge in [-0.25, -0.2) is 9.50 Å². The summed E-state index contributed by atoms with van der Waals surface area (Å²) >= 11 is 0. The minimum Gasteiger partial charge on any atom is -0.293 e. The predicted octanol–water partition coefficient (Wildman–Crippen LogP) is 2.02. The van der Waals surface area contributed by atoms with Crippen LogP contribution in [-0.2, 0) is 6.42 Å². The van der Waals surface area contributed by atoms with Gasteiger partial charge in [-0.1, -0.05) is 20.8 Å². The molecule has 0 saturated carbocycles. The van der Waals surface area contributed by atoms with E-state index < -0.39 is 0 Å². The minimum atomic E-state index is 0.00810. The normalized spacial score (nSPS) is 11.6. The molecule has 2 heterocycles. The Labute approximate surface area is 94.3 Å². The van der Waals surface area contributed by atoms with Gasteiger partial charge in [-0.15, -0.1) is 0 Å². The number of H-pyrrole nitrogens is 1. The molecule has 0 spiro atoms. The molecule has 0 aliphatic heterocycles. The summed E-state index contributed by atoms with van der Waals surface area (Å²) in [6, 6.07) is 1.95. The van der Waals surface area contributed by atoms with E-state index in [4.69, 9.17) is 0 Å². The molecular weight excluding hydrogens is 202 g/mol. The van der Waals surface area contributed by atoms with E-state index in [1.807, 2.05) is 19.9 Å². The van der Waals surface area contributed by atoms with E-state index in [1.54, 1.807) is 0 Å². The van der Waals surface area contributed by atoms with Gasteiger partial charge in [0.2, 0.25) is 0 Å². The molecule has 2 rings (SSSR count). The molecule has 0 aromatic carbocycles. The van der Waals surface area contributed by atoms with E-state index >= 15 is 0 Å². The first-order valence-electron chi connectivity index (χ1n) is 5.65. The maximum Gasteiger partial charge on any atom is 0.275 e. The molecule has 2 aromatic rings. The lowest BCUT2D eigenvalue weighted by atomic mass is 10.1. The van der Waals surface area contributed by atoms with Crippen LogP contribution in [0, 0.1) is 6.92 Å². The fraction of sp³-hybridized carbons (Fsp3) is 0.500. The SMILES string of the molecule is CCc1nc2cc(C(C)C)[nH]n2c(=O)c1C. The smallest absolute Gasteiger partial charge is 0.275 e. The molecule has 0 aliphatic rings. The van der Waals surface area contributed by atoms with Crippen LogP contribution >= 0.6 is 0 Å². The zero-order valence-corrected chi connectivity index (χ0v) is 10.2. The predicted molar refractivity (Wildman–Crippen MR) is 64.0 cm³/mol. The summed E-state index contributed by atoms with van der Waals surface area (Å²) in [6.07, 6.45) is 0.791. The highest BCUT2D eigenvalue weighted by Crippen LogP contribution is 2.13. The summed E-state index contributed by atoms with van der Waals surface area (Å²) in [5, 5.41) is 3.10. The van der Waals surface area contributed by atoms with E-state index in [1.165, 1.54) is 4.52 Å². The highest BCUT2D eigenvalue weighted by molar-refractivity contribution is 5.42. The van der Waals surface area contributed by atoms with Crippen LogP contribution in [0.4, 0.5) is 0 Å². The first kappa shape index (κ1) is 10.9. The average Bonchev–Trinajstić information content (AvgIpc) is 2.67. The van der Waals surface area contributed by atoms with Gasteiger partial charge in [0.15, 0.2) is 5.65 Å². The van der Waals surface area contributed by atoms with Gasteiger partial charge in [0.25, 0.3) is 5.56 Å². The highest BCUT2D eigenvalue weighted by atomic mass is 16.1. The van der Waals surface area contributed by atoms with Crippen molar-refractivity contribution >= 4 is 5.65 Å². The molecule has 1 N–H and O–H groups in total. The van der Waals surface area contributed by atoms with Gasteiger partial charge < -0.3 is 0 Å². The third-order valence-corrected chi connectivity index (χ3v) is 2.92. The third-order valence-electron chi connectivity index (χ3n) is 2.92. The molecule has 0 atom stereocenters. The number of aromatic amines is 1. The maximum absolute atomic E-state index is 12.0. The number of hydrogen-bond acceptors (Lipinski definition) is 2. The summed E-state index contributed by atoms with van der Waals surface area (Å²) in [5.41, 5.74) is 3.39. The molecule has 2 aromatic heterocycles. The van der Waals surface area contributed by atoms with Crippen molar-refractivity contribution in [3.8, 4) is 0 Å². The molecule has 0 unspecified atom stereocenters. The molecule has 0 fully saturated rings. The fourth-order valence-corrected chi connectivity index (χ4v) is 1.81. The van der Waals surface area contributed by atoms with Crippen molar-refractivity contribution in [2.45, 2.75) is 40.0 Å². The number of rotatable bonds is 2. The second-order valence-corrected chi connectivity index (χ2v) is 4.40. The second-order valence-electron chi connectivity index (χ2n) is 4.40. The number of aromatic nitrogens is 3. The van der Waals surface area contributed by atoms with Gasteiger partial charge in [0, 0.05) is 17.3 Å². The van der Waals surface area contributed by atoms with E-state index in [9.17, 15) is 4.79 Å². The van der Waals surface area contributed by atoms with Crippen molar-refractivity contribution in [1.29, 1.82) is 0 Å². The monoisotopic (exact) mass is 219 g/mol. The van der Waals surface area contributed by atoms with E-state index in [2.05, 4.69) is 23.9 Å². The van der Waals surface area contributed by atoms with Gasteiger partial charge in [-0.2, -0.15) is 0 Å². The molecule has 86 valence electrons. The third kappa shape index (κ3) is 1.54. The zero-order chi connectivity index (χ0) is 11.9. The van der Waals surface area contributed by atoms with E-state index in [0.717, 1.165) is 29.0 Å². The number of fused-ring (bicyclic) bond motifs is 1. The lowest BCUT2D eigenvalue weighted by Gasteiger charge is -2.01. The average molecular weight is 219 g/mol. The summed E-state index contributed by atoms with van der Waals surface area (Å²) in [6.45, 7) is 8.02. The van der Waals surface area contributed by atoms with Crippen LogP contribution in [0.2, 0.25) is 0 Å². The molecule has 16 heavy (non-hydrogen) atoms. The van der Waals surface area contributed by atoms with Crippen molar-refractivity contribution in [2.24, 2.45) is 0 Å². The Hall–Kier alpha value is -1.58. The quantitative estimate of drug-likeness (QED) is 0.840. The van der Waals surface area contributed by atoms with Crippen molar-refractivity contribution in [3.63, 3.8) is 0 Å². The highest BCUT2D eigenvalue weighted by Gasteiger charge is 2.11. The number of aryl methyl sites for hydroxylation is 1. The van der Waals surface area contributed by atoms with Gasteiger partial charge in [-0.05, 0) is 19.3 Å². The van der Waals surface area contributed by atoms with E-state index in [0.29, 0.717) is 5.92 Å². The van der Waals surface area contributed by atoms with Crippen LogP contribution in [0.25, 0.3) is 5.65 Å². The van der Waals surface area contributed by atoms with Crippen molar-refractivity contribution in [3.05, 3.63) is 33.4 Å². The van der Waals surface area contributed by atoms with Gasteiger partial charge in [0.05, 0.1) is 5.69 Å². The van der Waals surface area contributed by atoms with E-state index in [-0.39, 0.29) is 5.56 Å². The Bertz CT molecular complexity index is 578. The summed E-state index contributed by atoms with van der Waals surface area (Å²) in [5.74, 6) is 0.367. The largest absolute Gasteiger partial charge is 0.293 e. The lowest BCUT2D eigenvalue weighted by Crippen LogP contribution is -2.20. The minimum absolute atomic E-state index is 0.00810. The molecule has 4 heteroatoms. The van der Waals surface area contributed by atoms with Crippen LogP contribution in [0.1, 0.15) is 43.6 Å². The molecule has 4 nitrogen and oxygen atoms in total. The van der Waals surface area contributed by atoms with Crippen LogP contribution < -0.4 is 5.56 Å². The summed E-state index contributed by atoms with van der Waals surface area (Å²) in [4.78, 5) is 16.5. The number of hydrogen-bond donors (Lipinski definition) is 1.